The molecule has 31 heavy (non-hydrogen) atoms. The van der Waals surface area contributed by atoms with Crippen molar-refractivity contribution < 1.29 is 22.7 Å². The molecule has 1 fully saturated rings. The number of carbonyl (C=O) groups excluding carboxylic acids is 1. The zero-order valence-corrected chi connectivity index (χ0v) is 17.2. The van der Waals surface area contributed by atoms with Gasteiger partial charge in [0.05, 0.1) is 19.0 Å². The summed E-state index contributed by atoms with van der Waals surface area (Å²) in [6, 6.07) is 7.48. The van der Waals surface area contributed by atoms with Crippen LogP contribution < -0.4 is 4.74 Å². The molecule has 0 saturated carbocycles. The number of carbonyl (C=O) groups is 1. The number of ether oxygens (including phenoxy) is 1. The fourth-order valence-corrected chi connectivity index (χ4v) is 3.66. The van der Waals surface area contributed by atoms with Gasteiger partial charge in [0.15, 0.2) is 11.3 Å². The molecule has 3 heterocycles. The lowest BCUT2D eigenvalue weighted by Crippen LogP contribution is -2.48. The van der Waals surface area contributed by atoms with Gasteiger partial charge in [-0.3, -0.25) is 4.79 Å². The molecule has 0 aliphatic carbocycles. The molecule has 0 radical (unpaired) electrons. The van der Waals surface area contributed by atoms with E-state index in [-0.39, 0.29) is 22.8 Å². The molecule has 0 spiro atoms. The van der Waals surface area contributed by atoms with Crippen molar-refractivity contribution in [3.05, 3.63) is 47.8 Å². The number of alkyl halides is 3. The van der Waals surface area contributed by atoms with Gasteiger partial charge in [0.1, 0.15) is 11.3 Å². The first-order chi connectivity index (χ1) is 14.8. The molecule has 0 N–H and O–H groups in total. The fourth-order valence-electron chi connectivity index (χ4n) is 3.66. The predicted octanol–water partition coefficient (Wildman–Crippen LogP) is 3.20. The van der Waals surface area contributed by atoms with E-state index < -0.39 is 11.9 Å². The Morgan fingerprint density at radius 3 is 2.39 bits per heavy atom. The van der Waals surface area contributed by atoms with Crippen LogP contribution in [0.25, 0.3) is 16.9 Å². The van der Waals surface area contributed by atoms with Crippen molar-refractivity contribution in [2.24, 2.45) is 0 Å². The first kappa shape index (κ1) is 21.1. The van der Waals surface area contributed by atoms with Crippen molar-refractivity contribution in [3.63, 3.8) is 0 Å². The maximum absolute atomic E-state index is 13.8. The number of amides is 1. The molecule has 4 rings (SSSR count). The van der Waals surface area contributed by atoms with Crippen LogP contribution in [0.15, 0.2) is 36.5 Å². The lowest BCUT2D eigenvalue weighted by Gasteiger charge is -2.33. The van der Waals surface area contributed by atoms with Crippen LogP contribution in [0, 0.1) is 0 Å². The molecule has 0 atom stereocenters. The second-order valence-electron chi connectivity index (χ2n) is 7.27. The summed E-state index contributed by atoms with van der Waals surface area (Å²) in [5.74, 6) is 0.213. The van der Waals surface area contributed by atoms with Gasteiger partial charge in [-0.25, -0.2) is 9.50 Å². The van der Waals surface area contributed by atoms with Gasteiger partial charge in [0.2, 0.25) is 0 Å². The van der Waals surface area contributed by atoms with Crippen LogP contribution in [0.5, 0.6) is 5.75 Å². The molecule has 3 aromatic rings. The monoisotopic (exact) mass is 433 g/mol. The van der Waals surface area contributed by atoms with Crippen LogP contribution in [-0.4, -0.2) is 70.1 Å². The Morgan fingerprint density at radius 1 is 1.13 bits per heavy atom. The number of halogens is 3. The van der Waals surface area contributed by atoms with Crippen molar-refractivity contribution in [3.8, 4) is 17.0 Å². The molecule has 2 aromatic heterocycles. The summed E-state index contributed by atoms with van der Waals surface area (Å²) in [4.78, 5) is 21.3. The summed E-state index contributed by atoms with van der Waals surface area (Å²) in [5.41, 5.74) is -0.453. The Kier molecular flexibility index (Phi) is 5.57. The summed E-state index contributed by atoms with van der Waals surface area (Å²) in [6.07, 6.45) is -3.49. The lowest BCUT2D eigenvalue weighted by molar-refractivity contribution is -0.142. The molecule has 0 bridgehead atoms. The maximum Gasteiger partial charge on any atom is 0.433 e. The third-order valence-corrected chi connectivity index (χ3v) is 5.49. The molecule has 1 saturated heterocycles. The number of benzene rings is 1. The molecule has 1 amide bonds. The van der Waals surface area contributed by atoms with E-state index in [2.05, 4.69) is 15.0 Å². The highest BCUT2D eigenvalue weighted by Gasteiger charge is 2.36. The molecule has 1 aliphatic heterocycles. The Balaban J connectivity index is 1.78. The molecule has 0 unspecified atom stereocenters. The molecule has 1 aliphatic rings. The summed E-state index contributed by atoms with van der Waals surface area (Å²) < 4.78 is 47.1. The average Bonchev–Trinajstić information content (AvgIpc) is 3.21. The number of rotatable bonds is 4. The summed E-state index contributed by atoms with van der Waals surface area (Å²) >= 11 is 0. The van der Waals surface area contributed by atoms with Crippen molar-refractivity contribution in [2.75, 3.05) is 39.8 Å². The average molecular weight is 433 g/mol. The zero-order valence-electron chi connectivity index (χ0n) is 17.2. The Hall–Kier alpha value is -3.14. The standard InChI is InChI=1S/C21H22F3N5O2/c1-3-27-8-10-28(11-9-27)20(30)16-13-25-29-18(21(22,23)24)12-17(26-19(16)29)14-4-6-15(31-2)7-5-14/h4-7,12-13H,3,8-11H2,1-2H3. The van der Waals surface area contributed by atoms with E-state index in [4.69, 9.17) is 4.74 Å². The van der Waals surface area contributed by atoms with Crippen LogP contribution in [0.3, 0.4) is 0 Å². The van der Waals surface area contributed by atoms with Crippen molar-refractivity contribution in [1.29, 1.82) is 0 Å². The first-order valence-electron chi connectivity index (χ1n) is 9.94. The van der Waals surface area contributed by atoms with Crippen LogP contribution in [0.1, 0.15) is 23.0 Å². The Bertz CT molecular complexity index is 1090. The van der Waals surface area contributed by atoms with Crippen LogP contribution in [0.4, 0.5) is 13.2 Å². The van der Waals surface area contributed by atoms with Gasteiger partial charge < -0.3 is 14.5 Å². The number of likely N-dealkylation sites (N-methyl/N-ethyl adjacent to an activating group) is 1. The minimum Gasteiger partial charge on any atom is -0.497 e. The second kappa shape index (κ2) is 8.18. The topological polar surface area (TPSA) is 63.0 Å². The molecule has 7 nitrogen and oxygen atoms in total. The predicted molar refractivity (Wildman–Crippen MR) is 108 cm³/mol. The first-order valence-corrected chi connectivity index (χ1v) is 9.94. The van der Waals surface area contributed by atoms with Gasteiger partial charge in [-0.05, 0) is 36.9 Å². The van der Waals surface area contributed by atoms with Crippen LogP contribution in [-0.2, 0) is 6.18 Å². The van der Waals surface area contributed by atoms with E-state index in [1.807, 2.05) is 6.92 Å². The summed E-state index contributed by atoms with van der Waals surface area (Å²) in [5, 5.41) is 3.85. The minimum absolute atomic E-state index is 0.0609. The molecular formula is C21H22F3N5O2. The Morgan fingerprint density at radius 2 is 1.81 bits per heavy atom. The highest BCUT2D eigenvalue weighted by atomic mass is 19.4. The van der Waals surface area contributed by atoms with Gasteiger partial charge in [-0.2, -0.15) is 18.3 Å². The number of hydrogen-bond donors (Lipinski definition) is 0. The molecule has 1 aromatic carbocycles. The van der Waals surface area contributed by atoms with E-state index in [9.17, 15) is 18.0 Å². The number of fused-ring (bicyclic) bond motifs is 1. The number of aromatic nitrogens is 3. The zero-order chi connectivity index (χ0) is 22.2. The highest BCUT2D eigenvalue weighted by molar-refractivity contribution is 6.00. The van der Waals surface area contributed by atoms with E-state index in [1.54, 1.807) is 29.2 Å². The van der Waals surface area contributed by atoms with Gasteiger partial charge in [-0.15, -0.1) is 0 Å². The van der Waals surface area contributed by atoms with Gasteiger partial charge in [-0.1, -0.05) is 6.92 Å². The van der Waals surface area contributed by atoms with Crippen molar-refractivity contribution in [1.82, 2.24) is 24.4 Å². The van der Waals surface area contributed by atoms with E-state index in [0.717, 1.165) is 25.7 Å². The Labute approximate surface area is 177 Å². The van der Waals surface area contributed by atoms with Gasteiger partial charge in [0.25, 0.3) is 5.91 Å². The van der Waals surface area contributed by atoms with Gasteiger partial charge >= 0.3 is 6.18 Å². The third kappa shape index (κ3) is 4.07. The largest absolute Gasteiger partial charge is 0.497 e. The number of piperazine rings is 1. The van der Waals surface area contributed by atoms with E-state index in [0.29, 0.717) is 28.9 Å². The third-order valence-electron chi connectivity index (χ3n) is 5.49. The maximum atomic E-state index is 13.8. The second-order valence-corrected chi connectivity index (χ2v) is 7.27. The minimum atomic E-state index is -4.67. The quantitative estimate of drug-likeness (QED) is 0.633. The van der Waals surface area contributed by atoms with Crippen LogP contribution in [0.2, 0.25) is 0 Å². The number of methoxy groups -OCH3 is 1. The van der Waals surface area contributed by atoms with E-state index in [1.165, 1.54) is 13.3 Å². The molecular weight excluding hydrogens is 411 g/mol. The van der Waals surface area contributed by atoms with Crippen molar-refractivity contribution >= 4 is 11.6 Å². The van der Waals surface area contributed by atoms with E-state index >= 15 is 0 Å². The normalized spacial score (nSPS) is 15.5. The SMILES string of the molecule is CCN1CCN(C(=O)c2cnn3c(C(F)(F)F)cc(-c4ccc(OC)cc4)nc23)CC1. The van der Waals surface area contributed by atoms with Crippen molar-refractivity contribution in [2.45, 2.75) is 13.1 Å². The number of hydrogen-bond acceptors (Lipinski definition) is 5. The smallest absolute Gasteiger partial charge is 0.433 e. The summed E-state index contributed by atoms with van der Waals surface area (Å²) in [7, 11) is 1.51. The molecule has 10 heteroatoms. The lowest BCUT2D eigenvalue weighted by atomic mass is 10.1. The van der Waals surface area contributed by atoms with Gasteiger partial charge in [0, 0.05) is 31.7 Å². The highest BCUT2D eigenvalue weighted by Crippen LogP contribution is 2.33. The fraction of sp³-hybridized carbons (Fsp3) is 0.381. The summed E-state index contributed by atoms with van der Waals surface area (Å²) in [6.45, 7) is 5.40. The number of nitrogens with zero attached hydrogens (tertiary/aromatic N) is 5. The van der Waals surface area contributed by atoms with Crippen LogP contribution >= 0.6 is 0 Å². The molecule has 164 valence electrons.